The second-order valence-electron chi connectivity index (χ2n) is 5.60. The lowest BCUT2D eigenvalue weighted by atomic mass is 10.00. The number of carbonyl (C=O) groups excluding carboxylic acids is 1. The van der Waals surface area contributed by atoms with Crippen molar-refractivity contribution in [3.63, 3.8) is 0 Å². The van der Waals surface area contributed by atoms with Crippen LogP contribution >= 0.6 is 10.7 Å². The average Bonchev–Trinajstić information content (AvgIpc) is 2.36. The Hall–Kier alpha value is -1.07. The third kappa shape index (κ3) is 5.67. The molecule has 1 aromatic rings. The average molecular weight is 332 g/mol. The number of halogens is 1. The number of hydrogen-bond acceptors (Lipinski definition) is 3. The van der Waals surface area contributed by atoms with E-state index in [2.05, 4.69) is 19.2 Å². The Labute approximate surface area is 131 Å². The monoisotopic (exact) mass is 331 g/mol. The van der Waals surface area contributed by atoms with E-state index in [0.29, 0.717) is 17.0 Å². The van der Waals surface area contributed by atoms with Gasteiger partial charge in [-0.15, -0.1) is 0 Å². The smallest absolute Gasteiger partial charge is 0.261 e. The van der Waals surface area contributed by atoms with Crippen LogP contribution in [0.15, 0.2) is 23.1 Å². The zero-order chi connectivity index (χ0) is 16.2. The molecule has 0 aliphatic carbocycles. The molecule has 1 amide bonds. The second kappa shape index (κ2) is 7.27. The van der Waals surface area contributed by atoms with Crippen molar-refractivity contribution in [2.24, 2.45) is 5.92 Å². The summed E-state index contributed by atoms with van der Waals surface area (Å²) in [4.78, 5) is 12.2. The summed E-state index contributed by atoms with van der Waals surface area (Å²) in [6, 6.07) is 4.43. The van der Waals surface area contributed by atoms with Gasteiger partial charge >= 0.3 is 0 Å². The van der Waals surface area contributed by atoms with E-state index in [1.807, 2.05) is 6.92 Å². The van der Waals surface area contributed by atoms with Crippen LogP contribution in [0.2, 0.25) is 0 Å². The summed E-state index contributed by atoms with van der Waals surface area (Å²) in [5, 5.41) is 2.89. The molecule has 1 rings (SSSR count). The number of amides is 1. The Morgan fingerprint density at radius 1 is 1.29 bits per heavy atom. The second-order valence-corrected chi connectivity index (χ2v) is 8.16. The van der Waals surface area contributed by atoms with Gasteiger partial charge in [0.15, 0.2) is 0 Å². The first kappa shape index (κ1) is 18.0. The fourth-order valence-corrected chi connectivity index (χ4v) is 3.02. The van der Waals surface area contributed by atoms with Crippen molar-refractivity contribution >= 4 is 25.6 Å². The molecule has 0 aromatic heterocycles. The van der Waals surface area contributed by atoms with Crippen molar-refractivity contribution in [1.82, 2.24) is 5.32 Å². The predicted molar refractivity (Wildman–Crippen MR) is 85.2 cm³/mol. The predicted octanol–water partition coefficient (Wildman–Crippen LogP) is 3.48. The molecule has 6 heteroatoms. The van der Waals surface area contributed by atoms with Crippen LogP contribution in [0.5, 0.6) is 0 Å². The molecule has 2 atom stereocenters. The largest absolute Gasteiger partial charge is 0.350 e. The summed E-state index contributed by atoms with van der Waals surface area (Å²) in [5.74, 6) is 0.243. The lowest BCUT2D eigenvalue weighted by Gasteiger charge is -2.17. The first-order valence-electron chi connectivity index (χ1n) is 7.00. The third-order valence-electron chi connectivity index (χ3n) is 3.42. The molecular formula is C15H22ClNO3S. The number of nitrogens with one attached hydrogen (secondary N) is 1. The maximum Gasteiger partial charge on any atom is 0.261 e. The molecule has 4 nitrogen and oxygen atoms in total. The lowest BCUT2D eigenvalue weighted by molar-refractivity contribution is 0.0935. The maximum absolute atomic E-state index is 12.2. The van der Waals surface area contributed by atoms with Crippen LogP contribution < -0.4 is 5.32 Å². The fourth-order valence-electron chi connectivity index (χ4n) is 2.16. The van der Waals surface area contributed by atoms with Crippen molar-refractivity contribution < 1.29 is 13.2 Å². The van der Waals surface area contributed by atoms with Crippen molar-refractivity contribution in [3.8, 4) is 0 Å². The summed E-state index contributed by atoms with van der Waals surface area (Å²) >= 11 is 0. The summed E-state index contributed by atoms with van der Waals surface area (Å²) in [6.07, 6.45) is 1.94. The minimum absolute atomic E-state index is 0.0315. The van der Waals surface area contributed by atoms with E-state index in [-0.39, 0.29) is 16.8 Å². The van der Waals surface area contributed by atoms with E-state index in [4.69, 9.17) is 10.7 Å². The van der Waals surface area contributed by atoms with Gasteiger partial charge in [-0.05, 0) is 49.9 Å². The van der Waals surface area contributed by atoms with Gasteiger partial charge in [-0.1, -0.05) is 20.3 Å². The highest BCUT2D eigenvalue weighted by Crippen LogP contribution is 2.19. The number of carbonyl (C=O) groups is 1. The molecule has 0 heterocycles. The molecule has 0 radical (unpaired) electrons. The molecule has 0 aliphatic heterocycles. The molecule has 0 saturated heterocycles. The van der Waals surface area contributed by atoms with Gasteiger partial charge in [0.2, 0.25) is 0 Å². The summed E-state index contributed by atoms with van der Waals surface area (Å²) in [5.41, 5.74) is 0.988. The summed E-state index contributed by atoms with van der Waals surface area (Å²) in [6.45, 7) is 7.91. The first-order valence-corrected chi connectivity index (χ1v) is 9.31. The SMILES string of the molecule is CCC(C)CC(C)NC(=O)c1cc(C)cc(S(=O)(=O)Cl)c1. The van der Waals surface area contributed by atoms with Crippen LogP contribution in [0.3, 0.4) is 0 Å². The molecule has 1 N–H and O–H groups in total. The van der Waals surface area contributed by atoms with E-state index in [9.17, 15) is 13.2 Å². The van der Waals surface area contributed by atoms with E-state index >= 15 is 0 Å². The van der Waals surface area contributed by atoms with Gasteiger partial charge in [0.1, 0.15) is 0 Å². The molecular weight excluding hydrogens is 310 g/mol. The topological polar surface area (TPSA) is 63.2 Å². The normalized spacial score (nSPS) is 14.5. The highest BCUT2D eigenvalue weighted by molar-refractivity contribution is 8.13. The van der Waals surface area contributed by atoms with Gasteiger partial charge in [0, 0.05) is 22.3 Å². The molecule has 2 unspecified atom stereocenters. The van der Waals surface area contributed by atoms with Crippen LogP contribution in [0.1, 0.15) is 49.5 Å². The Balaban J connectivity index is 2.91. The highest BCUT2D eigenvalue weighted by Gasteiger charge is 2.16. The Morgan fingerprint density at radius 3 is 2.43 bits per heavy atom. The standard InChI is InChI=1S/C15H22ClNO3S/c1-5-10(2)6-12(4)17-15(18)13-7-11(3)8-14(9-13)21(16,19)20/h7-10,12H,5-6H2,1-4H3,(H,17,18). The van der Waals surface area contributed by atoms with Gasteiger partial charge in [-0.25, -0.2) is 8.42 Å². The minimum Gasteiger partial charge on any atom is -0.350 e. The molecule has 0 fully saturated rings. The van der Waals surface area contributed by atoms with Crippen LogP contribution in [0.4, 0.5) is 0 Å². The molecule has 0 aliphatic rings. The highest BCUT2D eigenvalue weighted by atomic mass is 35.7. The van der Waals surface area contributed by atoms with Gasteiger partial charge in [-0.3, -0.25) is 4.79 Å². The summed E-state index contributed by atoms with van der Waals surface area (Å²) in [7, 11) is 1.50. The number of rotatable bonds is 6. The van der Waals surface area contributed by atoms with Gasteiger partial charge < -0.3 is 5.32 Å². The summed E-state index contributed by atoms with van der Waals surface area (Å²) < 4.78 is 22.8. The fraction of sp³-hybridized carbons (Fsp3) is 0.533. The van der Waals surface area contributed by atoms with Gasteiger partial charge in [0.25, 0.3) is 15.0 Å². The van der Waals surface area contributed by atoms with Gasteiger partial charge in [-0.2, -0.15) is 0 Å². The van der Waals surface area contributed by atoms with Crippen molar-refractivity contribution in [3.05, 3.63) is 29.3 Å². The van der Waals surface area contributed by atoms with Crippen LogP contribution in [-0.2, 0) is 9.05 Å². The van der Waals surface area contributed by atoms with Crippen molar-refractivity contribution in [1.29, 1.82) is 0 Å². The number of aryl methyl sites for hydroxylation is 1. The minimum atomic E-state index is -3.84. The van der Waals surface area contributed by atoms with Crippen LogP contribution in [-0.4, -0.2) is 20.4 Å². The number of hydrogen-bond donors (Lipinski definition) is 1. The van der Waals surface area contributed by atoms with E-state index < -0.39 is 9.05 Å². The van der Waals surface area contributed by atoms with E-state index in [0.717, 1.165) is 12.8 Å². The quantitative estimate of drug-likeness (QED) is 0.812. The molecule has 1 aromatic carbocycles. The Kier molecular flexibility index (Phi) is 6.23. The molecule has 0 bridgehead atoms. The lowest BCUT2D eigenvalue weighted by Crippen LogP contribution is -2.33. The third-order valence-corrected chi connectivity index (χ3v) is 4.76. The first-order chi connectivity index (χ1) is 9.63. The molecule has 118 valence electrons. The number of benzene rings is 1. The van der Waals surface area contributed by atoms with Crippen molar-refractivity contribution in [2.75, 3.05) is 0 Å². The Bertz CT molecular complexity index is 613. The van der Waals surface area contributed by atoms with E-state index in [1.54, 1.807) is 13.0 Å². The molecule has 0 spiro atoms. The van der Waals surface area contributed by atoms with Crippen molar-refractivity contribution in [2.45, 2.75) is 51.5 Å². The van der Waals surface area contributed by atoms with Crippen LogP contribution in [0, 0.1) is 12.8 Å². The molecule has 0 saturated carbocycles. The van der Waals surface area contributed by atoms with E-state index in [1.165, 1.54) is 12.1 Å². The van der Waals surface area contributed by atoms with Gasteiger partial charge in [0.05, 0.1) is 4.90 Å². The Morgan fingerprint density at radius 2 is 1.90 bits per heavy atom. The zero-order valence-corrected chi connectivity index (χ0v) is 14.4. The molecule has 21 heavy (non-hydrogen) atoms. The van der Waals surface area contributed by atoms with Crippen LogP contribution in [0.25, 0.3) is 0 Å². The zero-order valence-electron chi connectivity index (χ0n) is 12.8. The maximum atomic E-state index is 12.2.